The Kier molecular flexibility index (Phi) is 3.58. The van der Waals surface area contributed by atoms with Gasteiger partial charge in [0.1, 0.15) is 5.75 Å². The summed E-state index contributed by atoms with van der Waals surface area (Å²) in [7, 11) is 0. The minimum atomic E-state index is -0.999. The third kappa shape index (κ3) is 2.44. The molecule has 3 aromatic carbocycles. The van der Waals surface area contributed by atoms with Gasteiger partial charge in [0, 0.05) is 22.1 Å². The van der Waals surface area contributed by atoms with E-state index in [1.54, 1.807) is 30.3 Å². The van der Waals surface area contributed by atoms with Crippen molar-refractivity contribution in [2.45, 2.75) is 0 Å². The minimum Gasteiger partial charge on any atom is -0.478 e. The summed E-state index contributed by atoms with van der Waals surface area (Å²) in [5.74, 6) is -0.606. The van der Waals surface area contributed by atoms with Gasteiger partial charge in [-0.2, -0.15) is 0 Å². The maximum absolute atomic E-state index is 11.4. The molecule has 0 aliphatic rings. The average molecular weight is 346 g/mol. The first kappa shape index (κ1) is 15.7. The molecule has 6 heteroatoms. The topological polar surface area (TPSA) is 94.5 Å². The lowest BCUT2D eigenvalue weighted by Gasteiger charge is -2.08. The van der Waals surface area contributed by atoms with Gasteiger partial charge in [0.15, 0.2) is 0 Å². The van der Waals surface area contributed by atoms with E-state index < -0.39 is 5.97 Å². The van der Waals surface area contributed by atoms with Gasteiger partial charge in [-0.1, -0.05) is 0 Å². The highest BCUT2D eigenvalue weighted by Gasteiger charge is 2.15. The molecule has 0 bridgehead atoms. The van der Waals surface area contributed by atoms with Gasteiger partial charge >= 0.3 is 5.97 Å². The first-order chi connectivity index (χ1) is 12.6. The van der Waals surface area contributed by atoms with Crippen LogP contribution in [-0.4, -0.2) is 22.1 Å². The fourth-order valence-corrected chi connectivity index (χ4v) is 3.17. The predicted octanol–water partition coefficient (Wildman–Crippen LogP) is 3.60. The number of ether oxygens (including phenoxy) is 1. The highest BCUT2D eigenvalue weighted by Crippen LogP contribution is 2.35. The van der Waals surface area contributed by atoms with E-state index in [1.165, 1.54) is 0 Å². The standard InChI is InChI=1S/C20H14N2O4/c21-13-2-4-14(5-3-13)22-18-7-1-12(20(24)25)9-16(18)17-10-15(26-11-23)6-8-19(17)22/h1-11H,21H2,(H,24,25). The normalized spacial score (nSPS) is 10.9. The number of aromatic nitrogens is 1. The van der Waals surface area contributed by atoms with E-state index in [4.69, 9.17) is 10.5 Å². The first-order valence-electron chi connectivity index (χ1n) is 7.86. The molecule has 0 saturated heterocycles. The van der Waals surface area contributed by atoms with Gasteiger partial charge in [-0.25, -0.2) is 4.79 Å². The Morgan fingerprint density at radius 1 is 0.962 bits per heavy atom. The van der Waals surface area contributed by atoms with Gasteiger partial charge in [-0.3, -0.25) is 4.79 Å². The van der Waals surface area contributed by atoms with Crippen LogP contribution in [0.2, 0.25) is 0 Å². The number of benzene rings is 3. The Bertz CT molecular complexity index is 1160. The van der Waals surface area contributed by atoms with Crippen LogP contribution >= 0.6 is 0 Å². The maximum Gasteiger partial charge on any atom is 0.335 e. The first-order valence-corrected chi connectivity index (χ1v) is 7.86. The van der Waals surface area contributed by atoms with E-state index in [-0.39, 0.29) is 5.56 Å². The van der Waals surface area contributed by atoms with E-state index in [9.17, 15) is 14.7 Å². The number of fused-ring (bicyclic) bond motifs is 3. The van der Waals surface area contributed by atoms with Crippen LogP contribution in [0, 0.1) is 0 Å². The van der Waals surface area contributed by atoms with Crippen molar-refractivity contribution in [3.05, 3.63) is 66.2 Å². The molecule has 1 aromatic heterocycles. The summed E-state index contributed by atoms with van der Waals surface area (Å²) < 4.78 is 6.96. The second-order valence-electron chi connectivity index (χ2n) is 5.86. The molecular formula is C20H14N2O4. The molecule has 0 aliphatic heterocycles. The number of rotatable bonds is 4. The number of carbonyl (C=O) groups is 2. The van der Waals surface area contributed by atoms with Gasteiger partial charge in [0.2, 0.25) is 0 Å². The van der Waals surface area contributed by atoms with Gasteiger partial charge in [-0.05, 0) is 60.7 Å². The van der Waals surface area contributed by atoms with E-state index in [0.29, 0.717) is 17.9 Å². The van der Waals surface area contributed by atoms with Crippen LogP contribution in [0.3, 0.4) is 0 Å². The number of hydrogen-bond acceptors (Lipinski definition) is 4. The molecular weight excluding hydrogens is 332 g/mol. The van der Waals surface area contributed by atoms with Crippen molar-refractivity contribution in [3.8, 4) is 11.4 Å². The van der Waals surface area contributed by atoms with E-state index >= 15 is 0 Å². The van der Waals surface area contributed by atoms with Crippen LogP contribution in [0.15, 0.2) is 60.7 Å². The van der Waals surface area contributed by atoms with Crippen LogP contribution < -0.4 is 10.5 Å². The predicted molar refractivity (Wildman–Crippen MR) is 98.8 cm³/mol. The second-order valence-corrected chi connectivity index (χ2v) is 5.86. The molecule has 0 spiro atoms. The lowest BCUT2D eigenvalue weighted by molar-refractivity contribution is -0.120. The summed E-state index contributed by atoms with van der Waals surface area (Å²) in [4.78, 5) is 22.0. The molecule has 0 saturated carbocycles. The molecule has 0 unspecified atom stereocenters. The Hall–Kier alpha value is -3.80. The average Bonchev–Trinajstić information content (AvgIpc) is 2.96. The SMILES string of the molecule is Nc1ccc(-n2c3ccc(OC=O)cc3c3cc(C(=O)O)ccc32)cc1. The maximum atomic E-state index is 11.4. The van der Waals surface area contributed by atoms with E-state index in [2.05, 4.69) is 0 Å². The van der Waals surface area contributed by atoms with Crippen molar-refractivity contribution >= 4 is 39.9 Å². The van der Waals surface area contributed by atoms with Crippen LogP contribution in [0.25, 0.3) is 27.5 Å². The summed E-state index contributed by atoms with van der Waals surface area (Å²) >= 11 is 0. The summed E-state index contributed by atoms with van der Waals surface area (Å²) in [5, 5.41) is 10.9. The van der Waals surface area contributed by atoms with Gasteiger partial charge < -0.3 is 20.1 Å². The van der Waals surface area contributed by atoms with Crippen molar-refractivity contribution in [3.63, 3.8) is 0 Å². The lowest BCUT2D eigenvalue weighted by Crippen LogP contribution is -1.97. The molecule has 0 fully saturated rings. The smallest absolute Gasteiger partial charge is 0.335 e. The molecule has 0 aliphatic carbocycles. The monoisotopic (exact) mass is 346 g/mol. The van der Waals surface area contributed by atoms with Gasteiger partial charge in [0.05, 0.1) is 16.6 Å². The van der Waals surface area contributed by atoms with E-state index in [0.717, 1.165) is 27.5 Å². The quantitative estimate of drug-likeness (QED) is 0.435. The fraction of sp³-hybridized carbons (Fsp3) is 0. The zero-order chi connectivity index (χ0) is 18.3. The molecule has 3 N–H and O–H groups in total. The molecule has 4 rings (SSSR count). The van der Waals surface area contributed by atoms with E-state index in [1.807, 2.05) is 34.9 Å². The lowest BCUT2D eigenvalue weighted by atomic mass is 10.1. The third-order valence-electron chi connectivity index (χ3n) is 4.32. The second kappa shape index (κ2) is 5.93. The molecule has 1 heterocycles. The van der Waals surface area contributed by atoms with Crippen molar-refractivity contribution < 1.29 is 19.4 Å². The van der Waals surface area contributed by atoms with Crippen molar-refractivity contribution in [2.75, 3.05) is 5.73 Å². The number of carboxylic acid groups (broad SMARTS) is 1. The zero-order valence-corrected chi connectivity index (χ0v) is 13.5. The number of nitrogens with two attached hydrogens (primary N) is 1. The number of carboxylic acids is 1. The molecule has 0 radical (unpaired) electrons. The number of hydrogen-bond donors (Lipinski definition) is 2. The largest absolute Gasteiger partial charge is 0.478 e. The molecule has 4 aromatic rings. The molecule has 0 amide bonds. The zero-order valence-electron chi connectivity index (χ0n) is 13.5. The number of anilines is 1. The third-order valence-corrected chi connectivity index (χ3v) is 4.32. The molecule has 6 nitrogen and oxygen atoms in total. The summed E-state index contributed by atoms with van der Waals surface area (Å²) in [6, 6.07) is 17.6. The summed E-state index contributed by atoms with van der Waals surface area (Å²) in [6.07, 6.45) is 0. The number of aromatic carboxylic acids is 1. The highest BCUT2D eigenvalue weighted by atomic mass is 16.5. The highest BCUT2D eigenvalue weighted by molar-refractivity contribution is 6.11. The van der Waals surface area contributed by atoms with Crippen molar-refractivity contribution in [1.82, 2.24) is 4.57 Å². The summed E-state index contributed by atoms with van der Waals surface area (Å²) in [6.45, 7) is 0.364. The summed E-state index contributed by atoms with van der Waals surface area (Å²) in [5.41, 5.74) is 9.24. The van der Waals surface area contributed by atoms with Gasteiger partial charge in [0.25, 0.3) is 6.47 Å². The molecule has 128 valence electrons. The van der Waals surface area contributed by atoms with Crippen molar-refractivity contribution in [2.24, 2.45) is 0 Å². The number of carbonyl (C=O) groups excluding carboxylic acids is 1. The fourth-order valence-electron chi connectivity index (χ4n) is 3.17. The molecule has 0 atom stereocenters. The number of nitrogen functional groups attached to an aromatic ring is 1. The minimum absolute atomic E-state index is 0.190. The van der Waals surface area contributed by atoms with Crippen LogP contribution in [-0.2, 0) is 4.79 Å². The van der Waals surface area contributed by atoms with Gasteiger partial charge in [-0.15, -0.1) is 0 Å². The van der Waals surface area contributed by atoms with Crippen LogP contribution in [0.4, 0.5) is 5.69 Å². The molecule has 26 heavy (non-hydrogen) atoms. The Labute approximate surface area is 148 Å². The Balaban J connectivity index is 2.10. The Morgan fingerprint density at radius 3 is 2.27 bits per heavy atom. The number of nitrogens with zero attached hydrogens (tertiary/aromatic N) is 1. The van der Waals surface area contributed by atoms with Crippen LogP contribution in [0.5, 0.6) is 5.75 Å². The Morgan fingerprint density at radius 2 is 1.62 bits per heavy atom. The van der Waals surface area contributed by atoms with Crippen LogP contribution in [0.1, 0.15) is 10.4 Å². The van der Waals surface area contributed by atoms with Crippen molar-refractivity contribution in [1.29, 1.82) is 0 Å².